The summed E-state index contributed by atoms with van der Waals surface area (Å²) in [5.41, 5.74) is 0.423. The Bertz CT molecular complexity index is 334. The largest absolute Gasteiger partial charge is 0.345 e. The standard InChI is InChI=1S/C11H12O3/c1-2-11(8-10(12)13-14-11)9-6-4-3-5-7-9/h3-7H,2,8H2,1H3/t11-/m0/s1. The molecule has 1 aromatic carbocycles. The summed E-state index contributed by atoms with van der Waals surface area (Å²) in [6.07, 6.45) is 1.02. The lowest BCUT2D eigenvalue weighted by molar-refractivity contribution is -0.299. The van der Waals surface area contributed by atoms with Crippen molar-refractivity contribution >= 4 is 5.97 Å². The van der Waals surface area contributed by atoms with E-state index in [0.29, 0.717) is 6.42 Å². The SMILES string of the molecule is CC[C@@]1(c2ccccc2)CC(=O)OO1. The maximum atomic E-state index is 11.0. The predicted octanol–water partition coefficient (Wildman–Crippen LogP) is 2.17. The van der Waals surface area contributed by atoms with Crippen LogP contribution in [0.15, 0.2) is 30.3 Å². The molecule has 1 saturated heterocycles. The van der Waals surface area contributed by atoms with E-state index < -0.39 is 5.60 Å². The molecule has 0 unspecified atom stereocenters. The quantitative estimate of drug-likeness (QED) is 0.673. The molecule has 1 heterocycles. The first-order valence-corrected chi connectivity index (χ1v) is 4.71. The van der Waals surface area contributed by atoms with Crippen LogP contribution in [0, 0.1) is 0 Å². The third-order valence-corrected chi connectivity index (χ3v) is 2.60. The van der Waals surface area contributed by atoms with Crippen molar-refractivity contribution in [2.45, 2.75) is 25.4 Å². The first kappa shape index (κ1) is 9.21. The number of carbonyl (C=O) groups is 1. The Hall–Kier alpha value is -1.35. The van der Waals surface area contributed by atoms with Crippen LogP contribution < -0.4 is 0 Å². The van der Waals surface area contributed by atoms with E-state index in [1.54, 1.807) is 0 Å². The lowest BCUT2D eigenvalue weighted by atomic mass is 9.88. The van der Waals surface area contributed by atoms with E-state index in [4.69, 9.17) is 4.89 Å². The topological polar surface area (TPSA) is 35.5 Å². The van der Waals surface area contributed by atoms with Gasteiger partial charge in [-0.15, -0.1) is 0 Å². The minimum Gasteiger partial charge on any atom is -0.297 e. The van der Waals surface area contributed by atoms with Crippen LogP contribution in [0.1, 0.15) is 25.3 Å². The van der Waals surface area contributed by atoms with Gasteiger partial charge in [0, 0.05) is 0 Å². The summed E-state index contributed by atoms with van der Waals surface area (Å²) in [6.45, 7) is 1.98. The second-order valence-corrected chi connectivity index (χ2v) is 3.43. The zero-order valence-electron chi connectivity index (χ0n) is 8.03. The molecule has 0 radical (unpaired) electrons. The Morgan fingerprint density at radius 1 is 1.36 bits per heavy atom. The highest BCUT2D eigenvalue weighted by molar-refractivity contribution is 5.72. The highest BCUT2D eigenvalue weighted by atomic mass is 17.2. The molecular weight excluding hydrogens is 180 g/mol. The molecule has 0 bridgehead atoms. The third kappa shape index (κ3) is 1.40. The monoisotopic (exact) mass is 192 g/mol. The predicted molar refractivity (Wildman–Crippen MR) is 50.2 cm³/mol. The molecule has 3 nitrogen and oxygen atoms in total. The fraction of sp³-hybridized carbons (Fsp3) is 0.364. The number of hydrogen-bond acceptors (Lipinski definition) is 3. The summed E-state index contributed by atoms with van der Waals surface area (Å²) in [4.78, 5) is 20.8. The molecule has 0 spiro atoms. The van der Waals surface area contributed by atoms with E-state index in [1.165, 1.54) is 0 Å². The first-order valence-electron chi connectivity index (χ1n) is 4.71. The van der Waals surface area contributed by atoms with Crippen molar-refractivity contribution < 1.29 is 14.6 Å². The van der Waals surface area contributed by atoms with E-state index >= 15 is 0 Å². The average molecular weight is 192 g/mol. The molecule has 1 atom stereocenters. The van der Waals surface area contributed by atoms with Crippen LogP contribution in [0.2, 0.25) is 0 Å². The molecule has 0 aromatic heterocycles. The summed E-state index contributed by atoms with van der Waals surface area (Å²) in [6, 6.07) is 9.69. The normalized spacial score (nSPS) is 26.2. The van der Waals surface area contributed by atoms with Gasteiger partial charge in [0.25, 0.3) is 0 Å². The lowest BCUT2D eigenvalue weighted by Gasteiger charge is -2.22. The summed E-state index contributed by atoms with van der Waals surface area (Å²) in [7, 11) is 0. The lowest BCUT2D eigenvalue weighted by Crippen LogP contribution is -2.23. The zero-order valence-corrected chi connectivity index (χ0v) is 8.03. The van der Waals surface area contributed by atoms with Crippen LogP contribution >= 0.6 is 0 Å². The van der Waals surface area contributed by atoms with Crippen LogP contribution in [0.5, 0.6) is 0 Å². The van der Waals surface area contributed by atoms with Gasteiger partial charge in [0.05, 0.1) is 6.42 Å². The maximum Gasteiger partial charge on any atom is 0.345 e. The molecule has 74 valence electrons. The van der Waals surface area contributed by atoms with Crippen LogP contribution in [0.4, 0.5) is 0 Å². The molecule has 0 N–H and O–H groups in total. The molecule has 3 heteroatoms. The molecule has 1 aliphatic rings. The van der Waals surface area contributed by atoms with Crippen molar-refractivity contribution in [2.24, 2.45) is 0 Å². The fourth-order valence-electron chi connectivity index (χ4n) is 1.70. The molecule has 14 heavy (non-hydrogen) atoms. The zero-order chi connectivity index (χ0) is 10.0. The van der Waals surface area contributed by atoms with Crippen molar-refractivity contribution in [3.05, 3.63) is 35.9 Å². The van der Waals surface area contributed by atoms with Crippen LogP contribution in [-0.4, -0.2) is 5.97 Å². The van der Waals surface area contributed by atoms with E-state index in [0.717, 1.165) is 12.0 Å². The van der Waals surface area contributed by atoms with Crippen LogP contribution in [-0.2, 0) is 20.2 Å². The van der Waals surface area contributed by atoms with Gasteiger partial charge in [0.1, 0.15) is 0 Å². The maximum absolute atomic E-state index is 11.0. The van der Waals surface area contributed by atoms with Gasteiger partial charge in [-0.25, -0.2) is 4.79 Å². The van der Waals surface area contributed by atoms with E-state index in [1.807, 2.05) is 37.3 Å². The van der Waals surface area contributed by atoms with Crippen molar-refractivity contribution in [2.75, 3.05) is 0 Å². The smallest absolute Gasteiger partial charge is 0.297 e. The highest BCUT2D eigenvalue weighted by Crippen LogP contribution is 2.37. The Labute approximate surface area is 82.6 Å². The second kappa shape index (κ2) is 3.42. The van der Waals surface area contributed by atoms with Gasteiger partial charge in [0.15, 0.2) is 5.60 Å². The fourth-order valence-corrected chi connectivity index (χ4v) is 1.70. The van der Waals surface area contributed by atoms with Gasteiger partial charge in [-0.1, -0.05) is 37.3 Å². The Morgan fingerprint density at radius 2 is 2.07 bits per heavy atom. The Balaban J connectivity index is 2.34. The van der Waals surface area contributed by atoms with Crippen molar-refractivity contribution in [1.82, 2.24) is 0 Å². The minimum absolute atomic E-state index is 0.296. The van der Waals surface area contributed by atoms with Gasteiger partial charge < -0.3 is 0 Å². The Kier molecular flexibility index (Phi) is 2.25. The molecule has 2 rings (SSSR count). The van der Waals surface area contributed by atoms with Crippen LogP contribution in [0.3, 0.4) is 0 Å². The molecular formula is C11H12O3. The van der Waals surface area contributed by atoms with Gasteiger partial charge in [-0.3, -0.25) is 4.89 Å². The van der Waals surface area contributed by atoms with Gasteiger partial charge in [0.2, 0.25) is 0 Å². The number of carbonyl (C=O) groups excluding carboxylic acids is 1. The van der Waals surface area contributed by atoms with E-state index in [9.17, 15) is 4.79 Å². The van der Waals surface area contributed by atoms with Crippen molar-refractivity contribution in [3.63, 3.8) is 0 Å². The van der Waals surface area contributed by atoms with Gasteiger partial charge in [-0.05, 0) is 12.0 Å². The number of benzene rings is 1. The molecule has 1 fully saturated rings. The van der Waals surface area contributed by atoms with Crippen LogP contribution in [0.25, 0.3) is 0 Å². The Morgan fingerprint density at radius 3 is 2.57 bits per heavy atom. The summed E-state index contributed by atoms with van der Waals surface area (Å²) >= 11 is 0. The average Bonchev–Trinajstić information content (AvgIpc) is 2.63. The molecule has 0 amide bonds. The number of hydrogen-bond donors (Lipinski definition) is 0. The summed E-state index contributed by atoms with van der Waals surface area (Å²) < 4.78 is 0. The van der Waals surface area contributed by atoms with E-state index in [-0.39, 0.29) is 5.97 Å². The highest BCUT2D eigenvalue weighted by Gasteiger charge is 2.42. The number of rotatable bonds is 2. The summed E-state index contributed by atoms with van der Waals surface area (Å²) in [5, 5.41) is 0. The third-order valence-electron chi connectivity index (χ3n) is 2.60. The minimum atomic E-state index is -0.571. The van der Waals surface area contributed by atoms with Gasteiger partial charge in [-0.2, -0.15) is 4.89 Å². The first-order chi connectivity index (χ1) is 6.77. The summed E-state index contributed by atoms with van der Waals surface area (Å²) in [5.74, 6) is -0.296. The molecule has 1 aromatic rings. The van der Waals surface area contributed by atoms with Crippen molar-refractivity contribution in [3.8, 4) is 0 Å². The van der Waals surface area contributed by atoms with Crippen molar-refractivity contribution in [1.29, 1.82) is 0 Å². The van der Waals surface area contributed by atoms with E-state index in [2.05, 4.69) is 4.89 Å². The second-order valence-electron chi connectivity index (χ2n) is 3.43. The molecule has 0 saturated carbocycles. The molecule has 0 aliphatic carbocycles. The van der Waals surface area contributed by atoms with Gasteiger partial charge >= 0.3 is 5.97 Å². The molecule has 1 aliphatic heterocycles.